The summed E-state index contributed by atoms with van der Waals surface area (Å²) in [5.41, 5.74) is 1.70. The molecular weight excluding hydrogens is 307 g/mol. The minimum absolute atomic E-state index is 0.325. The molecule has 0 saturated heterocycles. The molecule has 0 aliphatic carbocycles. The fourth-order valence-electron chi connectivity index (χ4n) is 1.82. The normalized spacial score (nSPS) is 11.1. The van der Waals surface area contributed by atoms with Gasteiger partial charge in [0, 0.05) is 17.0 Å². The first-order chi connectivity index (χ1) is 9.15. The zero-order valence-electron chi connectivity index (χ0n) is 9.52. The Labute approximate surface area is 124 Å². The third-order valence-electron chi connectivity index (χ3n) is 2.68. The monoisotopic (exact) mass is 312 g/mol. The Kier molecular flexibility index (Phi) is 3.31. The van der Waals surface area contributed by atoms with E-state index in [1.54, 1.807) is 0 Å². The van der Waals surface area contributed by atoms with Crippen molar-refractivity contribution >= 4 is 40.6 Å². The SMILES string of the molecule is Clc1cccc(Cc2c(Cl)nc3ncnn3c2Cl)c1. The summed E-state index contributed by atoms with van der Waals surface area (Å²) in [6.07, 6.45) is 1.91. The quantitative estimate of drug-likeness (QED) is 0.678. The first-order valence-electron chi connectivity index (χ1n) is 5.43. The van der Waals surface area contributed by atoms with Crippen LogP contribution in [0.2, 0.25) is 15.3 Å². The number of nitrogens with zero attached hydrogens (tertiary/aromatic N) is 4. The second-order valence-electron chi connectivity index (χ2n) is 3.95. The highest BCUT2D eigenvalue weighted by Gasteiger charge is 2.14. The highest BCUT2D eigenvalue weighted by molar-refractivity contribution is 6.35. The molecule has 7 heteroatoms. The number of aromatic nitrogens is 4. The molecule has 2 aromatic heterocycles. The van der Waals surface area contributed by atoms with Gasteiger partial charge in [0.1, 0.15) is 16.6 Å². The van der Waals surface area contributed by atoms with Gasteiger partial charge in [-0.3, -0.25) is 0 Å². The van der Waals surface area contributed by atoms with Crippen LogP contribution in [0.5, 0.6) is 0 Å². The molecule has 0 aliphatic heterocycles. The third kappa shape index (κ3) is 2.39. The van der Waals surface area contributed by atoms with E-state index in [-0.39, 0.29) is 0 Å². The lowest BCUT2D eigenvalue weighted by Gasteiger charge is -2.07. The molecule has 2 heterocycles. The van der Waals surface area contributed by atoms with E-state index < -0.39 is 0 Å². The molecule has 0 bridgehead atoms. The van der Waals surface area contributed by atoms with Crippen molar-refractivity contribution in [2.45, 2.75) is 6.42 Å². The zero-order valence-corrected chi connectivity index (χ0v) is 11.8. The van der Waals surface area contributed by atoms with Crippen LogP contribution in [0.15, 0.2) is 30.6 Å². The third-order valence-corrected chi connectivity index (χ3v) is 3.62. The lowest BCUT2D eigenvalue weighted by molar-refractivity contribution is 0.917. The van der Waals surface area contributed by atoms with E-state index in [1.165, 1.54) is 10.8 Å². The van der Waals surface area contributed by atoms with E-state index in [9.17, 15) is 0 Å². The number of halogens is 3. The Hall–Kier alpha value is -1.36. The van der Waals surface area contributed by atoms with Crippen LogP contribution in [0.1, 0.15) is 11.1 Å². The standard InChI is InChI=1S/C12H7Cl3N4/c13-8-3-1-2-7(4-8)5-9-10(14)18-12-16-6-17-19(12)11(9)15/h1-4,6H,5H2. The maximum Gasteiger partial charge on any atom is 0.254 e. The van der Waals surface area contributed by atoms with E-state index in [0.717, 1.165) is 5.56 Å². The molecule has 0 aliphatic rings. The van der Waals surface area contributed by atoms with E-state index in [4.69, 9.17) is 34.8 Å². The molecule has 0 N–H and O–H groups in total. The molecule has 4 nitrogen and oxygen atoms in total. The first kappa shape index (κ1) is 12.7. The van der Waals surface area contributed by atoms with Crippen molar-refractivity contribution in [1.29, 1.82) is 0 Å². The van der Waals surface area contributed by atoms with Crippen LogP contribution in [0.4, 0.5) is 0 Å². The summed E-state index contributed by atoms with van der Waals surface area (Å²) in [4.78, 5) is 8.11. The molecule has 0 amide bonds. The fraction of sp³-hybridized carbons (Fsp3) is 0.0833. The number of hydrogen-bond donors (Lipinski definition) is 0. The number of fused-ring (bicyclic) bond motifs is 1. The molecule has 3 aromatic rings. The predicted octanol–water partition coefficient (Wildman–Crippen LogP) is 3.68. The Morgan fingerprint density at radius 2 is 2.00 bits per heavy atom. The van der Waals surface area contributed by atoms with Gasteiger partial charge in [0.2, 0.25) is 0 Å². The van der Waals surface area contributed by atoms with Gasteiger partial charge in [-0.05, 0) is 17.7 Å². The van der Waals surface area contributed by atoms with Crippen LogP contribution in [0, 0.1) is 0 Å². The Bertz CT molecular complexity index is 754. The molecule has 19 heavy (non-hydrogen) atoms. The average Bonchev–Trinajstić information content (AvgIpc) is 2.83. The van der Waals surface area contributed by atoms with Gasteiger partial charge in [-0.2, -0.15) is 19.6 Å². The van der Waals surface area contributed by atoms with Gasteiger partial charge in [-0.25, -0.2) is 0 Å². The van der Waals surface area contributed by atoms with Gasteiger partial charge in [0.15, 0.2) is 0 Å². The minimum Gasteiger partial charge on any atom is -0.199 e. The van der Waals surface area contributed by atoms with Crippen LogP contribution in [-0.4, -0.2) is 19.6 Å². The maximum atomic E-state index is 6.28. The topological polar surface area (TPSA) is 43.1 Å². The van der Waals surface area contributed by atoms with Crippen molar-refractivity contribution in [3.8, 4) is 0 Å². The van der Waals surface area contributed by atoms with Crippen molar-refractivity contribution < 1.29 is 0 Å². The smallest absolute Gasteiger partial charge is 0.199 e. The van der Waals surface area contributed by atoms with Crippen LogP contribution < -0.4 is 0 Å². The number of hydrogen-bond acceptors (Lipinski definition) is 3. The van der Waals surface area contributed by atoms with E-state index in [0.29, 0.717) is 33.1 Å². The van der Waals surface area contributed by atoms with Crippen LogP contribution in [-0.2, 0) is 6.42 Å². The van der Waals surface area contributed by atoms with Crippen molar-refractivity contribution in [1.82, 2.24) is 19.6 Å². The van der Waals surface area contributed by atoms with E-state index >= 15 is 0 Å². The minimum atomic E-state index is 0.325. The summed E-state index contributed by atoms with van der Waals surface area (Å²) < 4.78 is 1.45. The predicted molar refractivity (Wildman–Crippen MR) is 75.1 cm³/mol. The molecule has 3 rings (SSSR count). The molecule has 0 spiro atoms. The molecule has 0 radical (unpaired) electrons. The molecule has 0 fully saturated rings. The van der Waals surface area contributed by atoms with Crippen LogP contribution in [0.25, 0.3) is 5.78 Å². The molecule has 0 saturated carbocycles. The van der Waals surface area contributed by atoms with Crippen molar-refractivity contribution in [2.24, 2.45) is 0 Å². The summed E-state index contributed by atoms with van der Waals surface area (Å²) in [7, 11) is 0. The molecule has 0 atom stereocenters. The summed E-state index contributed by atoms with van der Waals surface area (Å²) >= 11 is 18.4. The maximum absolute atomic E-state index is 6.28. The molecule has 96 valence electrons. The summed E-state index contributed by atoms with van der Waals surface area (Å²) in [5, 5.41) is 5.41. The van der Waals surface area contributed by atoms with Crippen molar-refractivity contribution in [3.63, 3.8) is 0 Å². The van der Waals surface area contributed by atoms with Gasteiger partial charge in [-0.1, -0.05) is 46.9 Å². The molecular formula is C12H7Cl3N4. The number of benzene rings is 1. The van der Waals surface area contributed by atoms with Crippen molar-refractivity contribution in [3.05, 3.63) is 57.0 Å². The number of rotatable bonds is 2. The van der Waals surface area contributed by atoms with Gasteiger partial charge < -0.3 is 0 Å². The summed E-state index contributed by atoms with van der Waals surface area (Å²) in [5.74, 6) is 0.379. The largest absolute Gasteiger partial charge is 0.254 e. The Morgan fingerprint density at radius 3 is 2.79 bits per heavy atom. The lowest BCUT2D eigenvalue weighted by Crippen LogP contribution is -2.01. The molecule has 0 unspecified atom stereocenters. The summed E-state index contributed by atoms with van der Waals surface area (Å²) in [6.45, 7) is 0. The van der Waals surface area contributed by atoms with Crippen LogP contribution >= 0.6 is 34.8 Å². The van der Waals surface area contributed by atoms with E-state index in [1.807, 2.05) is 24.3 Å². The lowest BCUT2D eigenvalue weighted by atomic mass is 10.1. The van der Waals surface area contributed by atoms with Gasteiger partial charge in [0.25, 0.3) is 5.78 Å². The summed E-state index contributed by atoms with van der Waals surface area (Å²) in [6, 6.07) is 7.50. The van der Waals surface area contributed by atoms with Gasteiger partial charge in [-0.15, -0.1) is 0 Å². The highest BCUT2D eigenvalue weighted by Crippen LogP contribution is 2.26. The van der Waals surface area contributed by atoms with E-state index in [2.05, 4.69) is 15.1 Å². The average molecular weight is 314 g/mol. The zero-order chi connectivity index (χ0) is 13.4. The van der Waals surface area contributed by atoms with Gasteiger partial charge >= 0.3 is 0 Å². The second-order valence-corrected chi connectivity index (χ2v) is 5.10. The Morgan fingerprint density at radius 1 is 1.16 bits per heavy atom. The first-order valence-corrected chi connectivity index (χ1v) is 6.56. The fourth-order valence-corrected chi connectivity index (χ4v) is 2.58. The molecule has 1 aromatic carbocycles. The Balaban J connectivity index is 2.09. The second kappa shape index (κ2) is 4.96. The van der Waals surface area contributed by atoms with Gasteiger partial charge in [0.05, 0.1) is 0 Å². The highest BCUT2D eigenvalue weighted by atomic mass is 35.5. The van der Waals surface area contributed by atoms with Crippen LogP contribution in [0.3, 0.4) is 0 Å². The van der Waals surface area contributed by atoms with Crippen molar-refractivity contribution in [2.75, 3.05) is 0 Å².